The molecule has 48 valence electrons. The van der Waals surface area contributed by atoms with Gasteiger partial charge in [0.25, 0.3) is 0 Å². The molecule has 0 N–H and O–H groups in total. The van der Waals surface area contributed by atoms with Gasteiger partial charge >= 0.3 is 0 Å². The summed E-state index contributed by atoms with van der Waals surface area (Å²) >= 11 is 5.10. The minimum Gasteiger partial charge on any atom is -0.281 e. The van der Waals surface area contributed by atoms with E-state index in [9.17, 15) is 4.79 Å². The van der Waals surface area contributed by atoms with E-state index in [0.29, 0.717) is 5.75 Å². The summed E-state index contributed by atoms with van der Waals surface area (Å²) < 4.78 is 0. The Bertz CT molecular complexity index is 86.1. The van der Waals surface area contributed by atoms with E-state index in [2.05, 4.69) is 0 Å². The van der Waals surface area contributed by atoms with Crippen molar-refractivity contribution in [2.75, 3.05) is 5.75 Å². The van der Waals surface area contributed by atoms with Gasteiger partial charge in [-0.25, -0.2) is 0 Å². The largest absolute Gasteiger partial charge is 0.281 e. The number of carbonyl (C=O) groups excluding carboxylic acids is 1. The number of carbonyl (C=O) groups is 1. The number of hydrogen-bond acceptors (Lipinski definition) is 2. The summed E-state index contributed by atoms with van der Waals surface area (Å²) in [5.74, 6) is 0.461. The summed E-state index contributed by atoms with van der Waals surface area (Å²) in [6.07, 6.45) is 0. The van der Waals surface area contributed by atoms with Crippen molar-refractivity contribution >= 4 is 38.5 Å². The Kier molecular flexibility index (Phi) is 4.81. The van der Waals surface area contributed by atoms with Crippen molar-refractivity contribution in [3.05, 3.63) is 0 Å². The predicted octanol–water partition coefficient (Wildman–Crippen LogP) is 2.27. The van der Waals surface area contributed by atoms with Crippen LogP contribution in [0, 0.1) is 5.92 Å². The summed E-state index contributed by atoms with van der Waals surface area (Å²) in [5, 5.41) is -0.321. The van der Waals surface area contributed by atoms with E-state index in [-0.39, 0.29) is 11.2 Å². The monoisotopic (exact) mass is 172 g/mol. The van der Waals surface area contributed by atoms with Crippen LogP contribution < -0.4 is 0 Å². The van der Waals surface area contributed by atoms with Crippen LogP contribution in [0.25, 0.3) is 0 Å². The molecule has 1 unspecified atom stereocenters. The van der Waals surface area contributed by atoms with E-state index < -0.39 is 0 Å². The van der Waals surface area contributed by atoms with Crippen LogP contribution in [0.2, 0.25) is 0 Å². The van der Waals surface area contributed by atoms with Crippen molar-refractivity contribution in [3.63, 3.8) is 0 Å². The SMILES string of the molecule is CC(CSCl)C(=O)Cl. The van der Waals surface area contributed by atoms with Crippen molar-refractivity contribution in [2.45, 2.75) is 6.92 Å². The molecule has 8 heavy (non-hydrogen) atoms. The molecule has 0 aliphatic carbocycles. The molecule has 0 aliphatic heterocycles. The average Bonchev–Trinajstić information content (AvgIpc) is 1.67. The second-order valence-electron chi connectivity index (χ2n) is 1.48. The molecule has 0 heterocycles. The van der Waals surface area contributed by atoms with Gasteiger partial charge in [0.1, 0.15) is 0 Å². The second kappa shape index (κ2) is 4.48. The first-order valence-corrected chi connectivity index (χ1v) is 4.30. The fourth-order valence-corrected chi connectivity index (χ4v) is 1.24. The normalized spacial score (nSPS) is 13.4. The highest BCUT2D eigenvalue weighted by Crippen LogP contribution is 2.13. The lowest BCUT2D eigenvalue weighted by atomic mass is 10.3. The van der Waals surface area contributed by atoms with Gasteiger partial charge in [0, 0.05) is 11.7 Å². The van der Waals surface area contributed by atoms with Crippen LogP contribution in [0.3, 0.4) is 0 Å². The third-order valence-electron chi connectivity index (χ3n) is 0.700. The lowest BCUT2D eigenvalue weighted by Gasteiger charge is -1.98. The smallest absolute Gasteiger partial charge is 0.225 e. The Morgan fingerprint density at radius 3 is 2.50 bits per heavy atom. The van der Waals surface area contributed by atoms with Crippen LogP contribution in [0.4, 0.5) is 0 Å². The van der Waals surface area contributed by atoms with Crippen molar-refractivity contribution < 1.29 is 4.79 Å². The van der Waals surface area contributed by atoms with Crippen LogP contribution in [0.1, 0.15) is 6.92 Å². The number of hydrogen-bond donors (Lipinski definition) is 0. The molecule has 0 radical (unpaired) electrons. The molecular weight excluding hydrogens is 167 g/mol. The van der Waals surface area contributed by atoms with Crippen molar-refractivity contribution in [1.82, 2.24) is 0 Å². The number of rotatable bonds is 3. The van der Waals surface area contributed by atoms with E-state index in [1.165, 1.54) is 0 Å². The van der Waals surface area contributed by atoms with E-state index >= 15 is 0 Å². The molecule has 0 aromatic carbocycles. The van der Waals surface area contributed by atoms with E-state index in [4.69, 9.17) is 22.3 Å². The van der Waals surface area contributed by atoms with Crippen LogP contribution in [-0.4, -0.2) is 11.0 Å². The summed E-state index contributed by atoms with van der Waals surface area (Å²) in [6.45, 7) is 1.74. The Labute approximate surface area is 62.2 Å². The first kappa shape index (κ1) is 8.60. The molecule has 1 nitrogen and oxygen atoms in total. The van der Waals surface area contributed by atoms with E-state index in [1.54, 1.807) is 6.92 Å². The maximum atomic E-state index is 10.2. The Morgan fingerprint density at radius 1 is 1.88 bits per heavy atom. The summed E-state index contributed by atoms with van der Waals surface area (Å²) in [7, 11) is 6.35. The minimum atomic E-state index is -0.321. The Hall–Kier alpha value is 0.600. The highest BCUT2D eigenvalue weighted by atomic mass is 35.7. The Morgan fingerprint density at radius 2 is 2.38 bits per heavy atom. The van der Waals surface area contributed by atoms with Gasteiger partial charge in [0.05, 0.1) is 0 Å². The molecule has 0 saturated heterocycles. The highest BCUT2D eigenvalue weighted by Gasteiger charge is 2.07. The fourth-order valence-electron chi connectivity index (χ4n) is 0.160. The average molecular weight is 173 g/mol. The second-order valence-corrected chi connectivity index (χ2v) is 3.06. The molecule has 0 aromatic rings. The summed E-state index contributed by atoms with van der Waals surface area (Å²) in [5.41, 5.74) is 0. The van der Waals surface area contributed by atoms with Gasteiger partial charge in [0.2, 0.25) is 5.24 Å². The molecule has 4 heteroatoms. The van der Waals surface area contributed by atoms with Gasteiger partial charge in [-0.3, -0.25) is 4.79 Å². The standard InChI is InChI=1S/C4H6Cl2OS/c1-3(2-8-6)4(5)7/h3H,2H2,1H3. The quantitative estimate of drug-likeness (QED) is 0.609. The predicted molar refractivity (Wildman–Crippen MR) is 38.3 cm³/mol. The van der Waals surface area contributed by atoms with Crippen LogP contribution in [0.5, 0.6) is 0 Å². The topological polar surface area (TPSA) is 17.1 Å². The zero-order chi connectivity index (χ0) is 6.57. The van der Waals surface area contributed by atoms with Gasteiger partial charge in [0.15, 0.2) is 0 Å². The van der Waals surface area contributed by atoms with Crippen molar-refractivity contribution in [3.8, 4) is 0 Å². The maximum Gasteiger partial charge on any atom is 0.225 e. The molecule has 0 aromatic heterocycles. The van der Waals surface area contributed by atoms with Gasteiger partial charge < -0.3 is 0 Å². The third kappa shape index (κ3) is 3.58. The first-order chi connectivity index (χ1) is 3.68. The lowest BCUT2D eigenvalue weighted by molar-refractivity contribution is -0.114. The van der Waals surface area contributed by atoms with Crippen LogP contribution in [-0.2, 0) is 4.79 Å². The molecule has 0 aliphatic rings. The van der Waals surface area contributed by atoms with Crippen molar-refractivity contribution in [2.24, 2.45) is 5.92 Å². The highest BCUT2D eigenvalue weighted by molar-refractivity contribution is 8.21. The molecular formula is C4H6Cl2OS. The van der Waals surface area contributed by atoms with Crippen molar-refractivity contribution in [1.29, 1.82) is 0 Å². The molecule has 0 fully saturated rings. The van der Waals surface area contributed by atoms with Gasteiger partial charge in [-0.05, 0) is 22.3 Å². The fraction of sp³-hybridized carbons (Fsp3) is 0.750. The van der Waals surface area contributed by atoms with Crippen LogP contribution >= 0.6 is 33.3 Å². The number of halogens is 2. The minimum absolute atomic E-state index is 0.126. The zero-order valence-corrected chi connectivity index (χ0v) is 6.69. The first-order valence-electron chi connectivity index (χ1n) is 2.11. The summed E-state index contributed by atoms with van der Waals surface area (Å²) in [4.78, 5) is 10.2. The lowest BCUT2D eigenvalue weighted by Crippen LogP contribution is -2.04. The zero-order valence-electron chi connectivity index (χ0n) is 4.36. The van der Waals surface area contributed by atoms with E-state index in [1.807, 2.05) is 0 Å². The molecule has 0 rings (SSSR count). The summed E-state index contributed by atoms with van der Waals surface area (Å²) in [6, 6.07) is 0. The van der Waals surface area contributed by atoms with Gasteiger partial charge in [-0.15, -0.1) is 0 Å². The molecule has 0 spiro atoms. The maximum absolute atomic E-state index is 10.2. The van der Waals surface area contributed by atoms with Gasteiger partial charge in [-0.2, -0.15) is 0 Å². The molecule has 1 atom stereocenters. The third-order valence-corrected chi connectivity index (χ3v) is 2.08. The Balaban J connectivity index is 3.32. The molecule has 0 amide bonds. The van der Waals surface area contributed by atoms with E-state index in [0.717, 1.165) is 11.0 Å². The van der Waals surface area contributed by atoms with Gasteiger partial charge in [-0.1, -0.05) is 17.9 Å². The van der Waals surface area contributed by atoms with Crippen LogP contribution in [0.15, 0.2) is 0 Å². The molecule has 0 bridgehead atoms. The molecule has 0 saturated carbocycles.